The molecule has 0 unspecified atom stereocenters. The number of carbonyl (C=O) groups excluding carboxylic acids is 1. The number of aromatic nitrogens is 5. The molecule has 0 amide bonds. The molecule has 184 valence electrons. The number of nitrogen functional groups attached to an aromatic ring is 1. The van der Waals surface area contributed by atoms with E-state index in [0.717, 1.165) is 5.56 Å². The molecule has 0 aliphatic heterocycles. The first-order valence-corrected chi connectivity index (χ1v) is 13.0. The van der Waals surface area contributed by atoms with Crippen LogP contribution in [-0.4, -0.2) is 38.7 Å². The van der Waals surface area contributed by atoms with Crippen molar-refractivity contribution in [3.05, 3.63) is 64.3 Å². The van der Waals surface area contributed by atoms with Crippen molar-refractivity contribution in [2.24, 2.45) is 5.41 Å². The van der Waals surface area contributed by atoms with Crippen LogP contribution in [0.5, 0.6) is 0 Å². The Morgan fingerprint density at radius 2 is 1.75 bits per heavy atom. The van der Waals surface area contributed by atoms with Crippen LogP contribution in [0.25, 0.3) is 16.7 Å². The summed E-state index contributed by atoms with van der Waals surface area (Å²) in [4.78, 5) is 29.9. The quantitative estimate of drug-likeness (QED) is 0.383. The Morgan fingerprint density at radius 3 is 2.42 bits per heavy atom. The van der Waals surface area contributed by atoms with Gasteiger partial charge >= 0.3 is 0 Å². The van der Waals surface area contributed by atoms with Crippen molar-refractivity contribution >= 4 is 50.8 Å². The van der Waals surface area contributed by atoms with E-state index in [1.54, 1.807) is 22.8 Å². The van der Waals surface area contributed by atoms with Crippen LogP contribution in [0, 0.1) is 17.1 Å². The van der Waals surface area contributed by atoms with Crippen molar-refractivity contribution in [2.45, 2.75) is 38.5 Å². The molecule has 1 aliphatic carbocycles. The number of hydrogen-bond acceptors (Lipinski definition) is 9. The van der Waals surface area contributed by atoms with E-state index >= 15 is 0 Å². The molecule has 1 aliphatic rings. The molecule has 3 N–H and O–H groups in total. The Hall–Kier alpha value is -3.77. The van der Waals surface area contributed by atoms with Crippen LogP contribution in [0.2, 0.25) is 0 Å². The Kier molecular flexibility index (Phi) is 5.60. The summed E-state index contributed by atoms with van der Waals surface area (Å²) in [5, 5.41) is 0.551. The van der Waals surface area contributed by atoms with Crippen LogP contribution in [-0.2, 0) is 16.4 Å². The van der Waals surface area contributed by atoms with E-state index in [2.05, 4.69) is 24.7 Å². The number of carbonyl (C=O) groups is 1. The maximum Gasteiger partial charge on any atom is 0.264 e. The second-order valence-corrected chi connectivity index (χ2v) is 11.5. The highest BCUT2D eigenvalue weighted by Crippen LogP contribution is 2.38. The molecule has 0 spiro atoms. The van der Waals surface area contributed by atoms with Gasteiger partial charge in [-0.2, -0.15) is 4.98 Å². The number of pyridine rings is 1. The fourth-order valence-corrected chi connectivity index (χ4v) is 5.83. The second kappa shape index (κ2) is 8.42. The summed E-state index contributed by atoms with van der Waals surface area (Å²) in [5.74, 6) is 0.281. The summed E-state index contributed by atoms with van der Waals surface area (Å²) in [6.07, 6.45) is 3.96. The largest absolute Gasteiger partial charge is 0.384 e. The lowest BCUT2D eigenvalue weighted by atomic mass is 9.74. The Bertz CT molecular complexity index is 1700. The maximum absolute atomic E-state index is 13.0. The summed E-state index contributed by atoms with van der Waals surface area (Å²) in [6, 6.07) is 7.59. The number of fused-ring (bicyclic) bond motifs is 2. The highest BCUT2D eigenvalue weighted by Gasteiger charge is 2.34. The minimum Gasteiger partial charge on any atom is -0.384 e. The molecule has 36 heavy (non-hydrogen) atoms. The van der Waals surface area contributed by atoms with Gasteiger partial charge in [-0.05, 0) is 66.9 Å². The van der Waals surface area contributed by atoms with Crippen LogP contribution < -0.4 is 10.5 Å². The molecule has 3 heterocycles. The molecule has 3 aromatic heterocycles. The average molecular weight is 522 g/mol. The number of hydrogen-bond donors (Lipinski definition) is 2. The van der Waals surface area contributed by atoms with Crippen LogP contribution >= 0.6 is 12.2 Å². The second-order valence-electron chi connectivity index (χ2n) is 9.48. The smallest absolute Gasteiger partial charge is 0.264 e. The average Bonchev–Trinajstić information content (AvgIpc) is 2.78. The van der Waals surface area contributed by atoms with Gasteiger partial charge in [0.05, 0.1) is 16.0 Å². The van der Waals surface area contributed by atoms with Crippen LogP contribution in [0.1, 0.15) is 41.9 Å². The molecule has 12 heteroatoms. The van der Waals surface area contributed by atoms with E-state index in [4.69, 9.17) is 18.0 Å². The van der Waals surface area contributed by atoms with Gasteiger partial charge in [0.15, 0.2) is 11.4 Å². The number of ketones is 1. The molecule has 0 saturated heterocycles. The van der Waals surface area contributed by atoms with Gasteiger partial charge in [-0.3, -0.25) is 9.36 Å². The predicted octanol–water partition coefficient (Wildman–Crippen LogP) is 3.79. The molecule has 0 fully saturated rings. The third-order valence-corrected chi connectivity index (χ3v) is 7.77. The van der Waals surface area contributed by atoms with Crippen molar-refractivity contribution in [2.75, 3.05) is 10.5 Å². The molecule has 0 atom stereocenters. The van der Waals surface area contributed by atoms with Gasteiger partial charge in [-0.25, -0.2) is 28.1 Å². The number of rotatable bonds is 4. The predicted molar refractivity (Wildman–Crippen MR) is 138 cm³/mol. The molecule has 1 aromatic carbocycles. The number of nitrogens with one attached hydrogen (secondary N) is 1. The molecule has 4 aromatic rings. The highest BCUT2D eigenvalue weighted by molar-refractivity contribution is 7.92. The molecule has 0 bridgehead atoms. The number of benzene rings is 1. The van der Waals surface area contributed by atoms with E-state index in [1.807, 2.05) is 20.8 Å². The van der Waals surface area contributed by atoms with E-state index < -0.39 is 10.0 Å². The third-order valence-electron chi connectivity index (χ3n) is 6.15. The van der Waals surface area contributed by atoms with Crippen LogP contribution in [0.3, 0.4) is 0 Å². The molecular formula is C24H23N7O3S2. The number of Topliss-reactive ketones (excluding diaryl/α,β-unsaturated/α-hetero) is 1. The summed E-state index contributed by atoms with van der Waals surface area (Å²) < 4.78 is 29.5. The molecular weight excluding hydrogens is 498 g/mol. The molecule has 5 rings (SSSR count). The first kappa shape index (κ1) is 23.9. The lowest BCUT2D eigenvalue weighted by Gasteiger charge is -2.30. The lowest BCUT2D eigenvalue weighted by Crippen LogP contribution is -2.29. The fraction of sp³-hybridized carbons (Fsp3) is 0.250. The van der Waals surface area contributed by atoms with Crippen LogP contribution in [0.4, 0.5) is 11.8 Å². The summed E-state index contributed by atoms with van der Waals surface area (Å²) in [7, 11) is -3.90. The zero-order chi connectivity index (χ0) is 25.8. The monoisotopic (exact) mass is 521 g/mol. The van der Waals surface area contributed by atoms with E-state index in [1.165, 1.54) is 24.5 Å². The number of nitrogens with two attached hydrogens (primary N) is 1. The number of aryl methyl sites for hydroxylation is 1. The first-order chi connectivity index (χ1) is 17.0. The highest BCUT2D eigenvalue weighted by atomic mass is 32.2. The maximum atomic E-state index is 13.0. The lowest BCUT2D eigenvalue weighted by molar-refractivity contribution is 0.0910. The summed E-state index contributed by atoms with van der Waals surface area (Å²) >= 11 is 5.53. The first-order valence-electron chi connectivity index (χ1n) is 11.1. The Morgan fingerprint density at radius 1 is 1.08 bits per heavy atom. The molecule has 0 saturated carbocycles. The third kappa shape index (κ3) is 4.11. The minimum atomic E-state index is -3.90. The van der Waals surface area contributed by atoms with Gasteiger partial charge < -0.3 is 5.73 Å². The summed E-state index contributed by atoms with van der Waals surface area (Å²) in [5.41, 5.74) is 9.32. The van der Waals surface area contributed by atoms with Crippen molar-refractivity contribution < 1.29 is 13.2 Å². The Balaban J connectivity index is 1.59. The zero-order valence-electron chi connectivity index (χ0n) is 19.8. The SMILES string of the molecule is Cc1c2c(nc3nc(=S)n(-c4ccc(S(=O)(=O)Nc5ncccn5)cc4)c(N)c13)CC(C)(C)CC2=O. The van der Waals surface area contributed by atoms with Crippen molar-refractivity contribution in [3.8, 4) is 5.69 Å². The normalized spacial score (nSPS) is 15.0. The number of sulfonamides is 1. The summed E-state index contributed by atoms with van der Waals surface area (Å²) in [6.45, 7) is 5.93. The van der Waals surface area contributed by atoms with Crippen LogP contribution in [0.15, 0.2) is 47.6 Å². The topological polar surface area (TPSA) is 146 Å². The number of anilines is 2. The van der Waals surface area contributed by atoms with Gasteiger partial charge in [-0.1, -0.05) is 13.8 Å². The van der Waals surface area contributed by atoms with Crippen molar-refractivity contribution in [1.29, 1.82) is 0 Å². The number of nitrogens with zero attached hydrogens (tertiary/aromatic N) is 5. The van der Waals surface area contributed by atoms with Crippen molar-refractivity contribution in [3.63, 3.8) is 0 Å². The van der Waals surface area contributed by atoms with E-state index in [-0.39, 0.29) is 32.6 Å². The van der Waals surface area contributed by atoms with E-state index in [9.17, 15) is 13.2 Å². The molecule has 0 radical (unpaired) electrons. The van der Waals surface area contributed by atoms with Gasteiger partial charge in [0.1, 0.15) is 5.82 Å². The van der Waals surface area contributed by atoms with Gasteiger partial charge in [0, 0.05) is 30.1 Å². The fourth-order valence-electron chi connectivity index (χ4n) is 4.58. The van der Waals surface area contributed by atoms with E-state index in [0.29, 0.717) is 40.8 Å². The van der Waals surface area contributed by atoms with Gasteiger partial charge in [0.25, 0.3) is 10.0 Å². The minimum absolute atomic E-state index is 0.0117. The zero-order valence-corrected chi connectivity index (χ0v) is 21.4. The van der Waals surface area contributed by atoms with Crippen molar-refractivity contribution in [1.82, 2.24) is 24.5 Å². The Labute approximate surface area is 212 Å². The molecule has 10 nitrogen and oxygen atoms in total. The standard InChI is InChI=1S/C24H23N7O3S2/c1-13-18-16(11-24(2,3)12-17(18)32)28-21-19(13)20(25)31(23(35)29-21)14-5-7-15(8-6-14)36(33,34)30-22-26-9-4-10-27-22/h4-10H,11-12,25H2,1-3H3,(H,26,27,30). The van der Waals surface area contributed by atoms with Gasteiger partial charge in [-0.15, -0.1) is 0 Å². The van der Waals surface area contributed by atoms with Gasteiger partial charge in [0.2, 0.25) is 10.7 Å².